The van der Waals surface area contributed by atoms with Crippen molar-refractivity contribution in [3.05, 3.63) is 12.2 Å². The molecule has 20 nitrogen and oxygen atoms in total. The minimum absolute atomic E-state index is 0.0279. The fourth-order valence-electron chi connectivity index (χ4n) is 10.4. The Balaban J connectivity index is 1.47. The number of hydrogen-bond donors (Lipinski definition) is 14. The minimum Gasteiger partial charge on any atom is -0.458 e. The van der Waals surface area contributed by atoms with Crippen LogP contribution in [0.1, 0.15) is 132 Å². The molecule has 404 valence electrons. The van der Waals surface area contributed by atoms with Crippen molar-refractivity contribution < 1.29 is 100.0 Å². The van der Waals surface area contributed by atoms with E-state index in [1.807, 2.05) is 0 Å². The molecule has 2 unspecified atom stereocenters. The number of hydrogen-bond acceptors (Lipinski definition) is 20. The molecule has 4 heterocycles. The van der Waals surface area contributed by atoms with Crippen LogP contribution < -0.4 is 0 Å². The average molecular weight is 997 g/mol. The fraction of sp³-hybridized carbons (Fsp3) is 0.939. The van der Waals surface area contributed by atoms with Crippen molar-refractivity contribution in [3.8, 4) is 0 Å². The molecule has 0 aromatic heterocycles. The van der Waals surface area contributed by atoms with Crippen molar-refractivity contribution in [2.75, 3.05) is 0 Å². The molecule has 0 aliphatic carbocycles. The number of carbonyl (C=O) groups excluding carboxylic acids is 1. The first-order valence-electron chi connectivity index (χ1n) is 25.3. The third kappa shape index (κ3) is 17.6. The van der Waals surface area contributed by atoms with Crippen LogP contribution in [-0.2, 0) is 28.5 Å². The summed E-state index contributed by atoms with van der Waals surface area (Å²) in [6.45, 7) is 11.8. The Hall–Kier alpha value is -1.51. The summed E-state index contributed by atoms with van der Waals surface area (Å²) in [6, 6.07) is 0. The Morgan fingerprint density at radius 2 is 1.28 bits per heavy atom. The molecule has 2 bridgehead atoms. The number of fused-ring (bicyclic) bond motifs is 3. The van der Waals surface area contributed by atoms with Crippen molar-refractivity contribution in [2.45, 2.75) is 260 Å². The maximum absolute atomic E-state index is 13.4. The zero-order chi connectivity index (χ0) is 51.7. The summed E-state index contributed by atoms with van der Waals surface area (Å²) in [6.07, 6.45) is -18.2. The second kappa shape index (κ2) is 27.1. The van der Waals surface area contributed by atoms with Gasteiger partial charge in [0.2, 0.25) is 0 Å². The zero-order valence-corrected chi connectivity index (χ0v) is 41.5. The lowest BCUT2D eigenvalue weighted by Crippen LogP contribution is -2.59. The third-order valence-corrected chi connectivity index (χ3v) is 15.4. The van der Waals surface area contributed by atoms with E-state index in [2.05, 4.69) is 0 Å². The molecule has 20 heteroatoms. The van der Waals surface area contributed by atoms with Gasteiger partial charge in [-0.3, -0.25) is 0 Å². The second-order valence-electron chi connectivity index (χ2n) is 21.3. The fourth-order valence-corrected chi connectivity index (χ4v) is 10.4. The van der Waals surface area contributed by atoms with Gasteiger partial charge < -0.3 is 95.2 Å². The highest BCUT2D eigenvalue weighted by Gasteiger charge is 2.53. The molecule has 3 saturated heterocycles. The molecule has 0 saturated carbocycles. The standard InChI is InChI=1S/C49H88O20/c1-23-14-15-32(52)18-33(53)16-31(51)11-9-13-40(59)67-45(26(4)43(61)25(3)42(60)24(2)28(6)65-41-21-37(56)44(62)29(7)66-41)27(5)46-47(68-46)36(55)12-8-10-30(50)17-34(54)19-35-20-38(57)48(63)49(64,69-35)22-39(23)58/h9,13,23-39,41-48,50-58,60-64H,8,10-12,14-22H2,1-7H3/b13-9+/t23-,24+,25-,26+,27-,28+,29-,30-,31+,32?,33+,34+,35-,36+,37-,38+,39-,41+,42+,43+,44+,45?,46+,47+,48-,49+/m1/s1. The van der Waals surface area contributed by atoms with Crippen LogP contribution in [0.2, 0.25) is 0 Å². The van der Waals surface area contributed by atoms with E-state index in [1.54, 1.807) is 48.5 Å². The lowest BCUT2D eigenvalue weighted by molar-refractivity contribution is -0.333. The SMILES string of the molecule is C[C@H]([C@@H](O)[C@@H](C)[C@H](C)O[C@@H]1C[C@@H](O)[C@@H](O)[C@@H](C)O1)[C@H](O)[C@H](C)C1OC(=O)/C=C/C[C@H](O)C[C@H](O)CC(O)CC[C@@H](C)[C@H](O)C[C@]2(O)O[C@H](C[C@@H](O)C[C@H](O)CCC[C@H](O)[C@@H]3O[C@H]3[C@@H]1C)C[C@H](O)[C@H]2O. The number of aliphatic hydroxyl groups is 14. The average Bonchev–Trinajstić information content (AvgIpc) is 4.08. The Morgan fingerprint density at radius 3 is 1.93 bits per heavy atom. The summed E-state index contributed by atoms with van der Waals surface area (Å²) in [7, 11) is 0. The van der Waals surface area contributed by atoms with Crippen LogP contribution in [0, 0.1) is 29.6 Å². The molecule has 0 radical (unpaired) electrons. The molecular weight excluding hydrogens is 909 g/mol. The van der Waals surface area contributed by atoms with Gasteiger partial charge in [0.1, 0.15) is 24.4 Å². The highest BCUT2D eigenvalue weighted by Crippen LogP contribution is 2.40. The molecule has 0 aromatic rings. The van der Waals surface area contributed by atoms with E-state index in [4.69, 9.17) is 23.7 Å². The number of esters is 1. The number of aliphatic hydroxyl groups excluding tert-OH is 13. The summed E-state index contributed by atoms with van der Waals surface area (Å²) in [5, 5.41) is 152. The van der Waals surface area contributed by atoms with Crippen molar-refractivity contribution in [1.82, 2.24) is 0 Å². The van der Waals surface area contributed by atoms with Crippen molar-refractivity contribution >= 4 is 5.97 Å². The highest BCUT2D eigenvalue weighted by molar-refractivity contribution is 5.82. The van der Waals surface area contributed by atoms with Gasteiger partial charge in [0.15, 0.2) is 12.1 Å². The van der Waals surface area contributed by atoms with E-state index in [9.17, 15) is 76.3 Å². The zero-order valence-electron chi connectivity index (χ0n) is 41.5. The summed E-state index contributed by atoms with van der Waals surface area (Å²) in [4.78, 5) is 13.4. The lowest BCUT2D eigenvalue weighted by atomic mass is 9.77. The summed E-state index contributed by atoms with van der Waals surface area (Å²) >= 11 is 0. The largest absolute Gasteiger partial charge is 0.458 e. The van der Waals surface area contributed by atoms with Gasteiger partial charge in [0, 0.05) is 49.0 Å². The van der Waals surface area contributed by atoms with Crippen LogP contribution in [-0.4, -0.2) is 206 Å². The molecule has 26 atom stereocenters. The molecule has 4 aliphatic rings. The molecule has 14 N–H and O–H groups in total. The number of ether oxygens (including phenoxy) is 5. The van der Waals surface area contributed by atoms with Crippen LogP contribution >= 0.6 is 0 Å². The Bertz CT molecular complexity index is 1530. The normalized spacial score (nSPS) is 45.6. The molecule has 69 heavy (non-hydrogen) atoms. The molecule has 4 aliphatic heterocycles. The van der Waals surface area contributed by atoms with Crippen LogP contribution in [0.15, 0.2) is 12.2 Å². The number of epoxide rings is 1. The Kier molecular flexibility index (Phi) is 23.6. The van der Waals surface area contributed by atoms with E-state index in [0.717, 1.165) is 6.08 Å². The van der Waals surface area contributed by atoms with Crippen molar-refractivity contribution in [3.63, 3.8) is 0 Å². The maximum atomic E-state index is 13.4. The van der Waals surface area contributed by atoms with Gasteiger partial charge in [0.25, 0.3) is 0 Å². The predicted octanol–water partition coefficient (Wildman–Crippen LogP) is -0.584. The van der Waals surface area contributed by atoms with Crippen LogP contribution in [0.25, 0.3) is 0 Å². The lowest BCUT2D eigenvalue weighted by Gasteiger charge is -2.45. The Labute approximate surface area is 406 Å². The van der Waals surface area contributed by atoms with Gasteiger partial charge in [-0.1, -0.05) is 40.7 Å². The summed E-state index contributed by atoms with van der Waals surface area (Å²) < 4.78 is 29.5. The molecule has 4 rings (SSSR count). The van der Waals surface area contributed by atoms with Gasteiger partial charge in [-0.2, -0.15) is 0 Å². The molecular formula is C49H88O20. The minimum atomic E-state index is -2.36. The molecule has 3 fully saturated rings. The van der Waals surface area contributed by atoms with Crippen LogP contribution in [0.3, 0.4) is 0 Å². The summed E-state index contributed by atoms with van der Waals surface area (Å²) in [5.74, 6) is -6.45. The number of carbonyl (C=O) groups is 1. The smallest absolute Gasteiger partial charge is 0.330 e. The monoisotopic (exact) mass is 997 g/mol. The topological polar surface area (TPSA) is 350 Å². The second-order valence-corrected chi connectivity index (χ2v) is 21.3. The van der Waals surface area contributed by atoms with E-state index >= 15 is 0 Å². The highest BCUT2D eigenvalue weighted by atomic mass is 16.7. The van der Waals surface area contributed by atoms with Gasteiger partial charge in [0.05, 0.1) is 91.6 Å². The van der Waals surface area contributed by atoms with E-state index in [0.29, 0.717) is 6.42 Å². The first kappa shape index (κ1) is 60.0. The molecule has 0 aromatic carbocycles. The van der Waals surface area contributed by atoms with Crippen LogP contribution in [0.4, 0.5) is 0 Å². The molecule has 0 amide bonds. The van der Waals surface area contributed by atoms with Crippen LogP contribution in [0.5, 0.6) is 0 Å². The van der Waals surface area contributed by atoms with E-state index in [-0.39, 0.29) is 70.6 Å². The number of rotatable bonds is 8. The first-order valence-corrected chi connectivity index (χ1v) is 25.3. The number of cyclic esters (lactones) is 1. The Morgan fingerprint density at radius 1 is 0.652 bits per heavy atom. The van der Waals surface area contributed by atoms with Gasteiger partial charge >= 0.3 is 5.97 Å². The predicted molar refractivity (Wildman–Crippen MR) is 246 cm³/mol. The molecule has 0 spiro atoms. The van der Waals surface area contributed by atoms with E-state index < -0.39 is 170 Å². The maximum Gasteiger partial charge on any atom is 0.330 e. The van der Waals surface area contributed by atoms with Crippen molar-refractivity contribution in [2.24, 2.45) is 29.6 Å². The van der Waals surface area contributed by atoms with Crippen molar-refractivity contribution in [1.29, 1.82) is 0 Å². The quantitative estimate of drug-likeness (QED) is 0.107. The summed E-state index contributed by atoms with van der Waals surface area (Å²) in [5.41, 5.74) is 0. The van der Waals surface area contributed by atoms with Gasteiger partial charge in [-0.15, -0.1) is 0 Å². The third-order valence-electron chi connectivity index (χ3n) is 15.4. The first-order chi connectivity index (χ1) is 32.2. The van der Waals surface area contributed by atoms with E-state index in [1.165, 1.54) is 6.08 Å². The van der Waals surface area contributed by atoms with Gasteiger partial charge in [-0.05, 0) is 84.0 Å². The van der Waals surface area contributed by atoms with Gasteiger partial charge in [-0.25, -0.2) is 4.79 Å².